The Labute approximate surface area is 215 Å². The normalized spacial score (nSPS) is 39.4. The van der Waals surface area contributed by atoms with Gasteiger partial charge < -0.3 is 4.74 Å². The van der Waals surface area contributed by atoms with Gasteiger partial charge in [-0.25, -0.2) is 0 Å². The number of hydrogen-bond acceptors (Lipinski definition) is 4. The highest BCUT2D eigenvalue weighted by molar-refractivity contribution is 5.93. The molecule has 0 spiro atoms. The molecule has 36 heavy (non-hydrogen) atoms. The number of fused-ring (bicyclic) bond motifs is 3. The smallest absolute Gasteiger partial charge is 0.207 e. The number of hydrogen-bond donors (Lipinski definition) is 0. The zero-order valence-corrected chi connectivity index (χ0v) is 22.4. The molecule has 0 aromatic heterocycles. The highest BCUT2D eigenvalue weighted by Gasteiger charge is 2.67. The van der Waals surface area contributed by atoms with Crippen LogP contribution in [0.4, 0.5) is 0 Å². The Kier molecular flexibility index (Phi) is 7.07. The van der Waals surface area contributed by atoms with Gasteiger partial charge in [0, 0.05) is 34.5 Å². The van der Waals surface area contributed by atoms with Gasteiger partial charge in [-0.2, -0.15) is 0 Å². The van der Waals surface area contributed by atoms with Gasteiger partial charge in [-0.05, 0) is 66.7 Å². The molecule has 3 aliphatic carbocycles. The molecule has 0 unspecified atom stereocenters. The van der Waals surface area contributed by atoms with Crippen LogP contribution >= 0.6 is 0 Å². The quantitative estimate of drug-likeness (QED) is 0.175. The first-order valence-corrected chi connectivity index (χ1v) is 13.3. The summed E-state index contributed by atoms with van der Waals surface area (Å²) in [5.74, 6) is 2.20. The average Bonchev–Trinajstić information content (AvgIpc) is 3.06. The van der Waals surface area contributed by atoms with Crippen molar-refractivity contribution in [1.29, 1.82) is 0 Å². The van der Waals surface area contributed by atoms with Gasteiger partial charge in [0.05, 0.1) is 0 Å². The van der Waals surface area contributed by atoms with Gasteiger partial charge in [-0.15, -0.1) is 6.58 Å². The summed E-state index contributed by atoms with van der Waals surface area (Å²) in [5, 5.41) is 10.8. The molecule has 1 aromatic carbocycles. The lowest BCUT2D eigenvalue weighted by molar-refractivity contribution is -0.479. The predicted molar refractivity (Wildman–Crippen MR) is 143 cm³/mol. The fraction of sp³-hybridized carbons (Fsp3) is 0.581. The van der Waals surface area contributed by atoms with Crippen molar-refractivity contribution < 1.29 is 14.5 Å². The second-order valence-corrected chi connectivity index (χ2v) is 12.2. The number of carbonyl (C=O) groups excluding carboxylic acids is 1. The van der Waals surface area contributed by atoms with E-state index in [1.54, 1.807) is 0 Å². The third-order valence-electron chi connectivity index (χ3n) is 9.58. The molecule has 1 aromatic rings. The van der Waals surface area contributed by atoms with Gasteiger partial charge in [0.15, 0.2) is 5.78 Å². The van der Waals surface area contributed by atoms with Crippen molar-refractivity contribution in [1.82, 2.24) is 0 Å². The summed E-state index contributed by atoms with van der Waals surface area (Å²) in [6, 6.07) is 7.70. The third kappa shape index (κ3) is 4.35. The number of ketones is 1. The topological polar surface area (TPSA) is 69.4 Å². The lowest BCUT2D eigenvalue weighted by atomic mass is 9.54. The van der Waals surface area contributed by atoms with Crippen LogP contribution in [0.3, 0.4) is 0 Å². The Balaban J connectivity index is 1.79. The van der Waals surface area contributed by atoms with Gasteiger partial charge in [0.2, 0.25) is 6.54 Å². The minimum absolute atomic E-state index is 0.0143. The zero-order valence-electron chi connectivity index (χ0n) is 22.4. The standard InChI is InChI=1S/C31H41NO4/c1-8-24(33)28-25-26(21(5)18-30(28,6)9-2)31(7)17-19(3)16-20(4)27(31)29(25)36-23-12-10-22(11-13-23)14-15-32(34)35/h8-13,18-20,25-29H,1-2,14-17H2,3-7H3/t19-,20+,25+,26-,27+,28-,29+,30+,31+/m1/s1. The van der Waals surface area contributed by atoms with E-state index in [1.807, 2.05) is 30.3 Å². The van der Waals surface area contributed by atoms with Crippen LogP contribution in [0.15, 0.2) is 61.2 Å². The summed E-state index contributed by atoms with van der Waals surface area (Å²) < 4.78 is 6.89. The molecule has 0 bridgehead atoms. The summed E-state index contributed by atoms with van der Waals surface area (Å²) in [4.78, 5) is 24.0. The molecule has 0 heterocycles. The Morgan fingerprint density at radius 3 is 2.47 bits per heavy atom. The molecule has 0 saturated heterocycles. The van der Waals surface area contributed by atoms with Crippen LogP contribution in [-0.2, 0) is 11.2 Å². The van der Waals surface area contributed by atoms with Gasteiger partial charge in [0.1, 0.15) is 11.9 Å². The fourth-order valence-electron chi connectivity index (χ4n) is 8.67. The highest BCUT2D eigenvalue weighted by atomic mass is 16.6. The Morgan fingerprint density at radius 1 is 1.22 bits per heavy atom. The van der Waals surface area contributed by atoms with Crippen LogP contribution < -0.4 is 4.74 Å². The second kappa shape index (κ2) is 9.64. The molecule has 9 atom stereocenters. The summed E-state index contributed by atoms with van der Waals surface area (Å²) in [7, 11) is 0. The maximum atomic E-state index is 13.5. The molecule has 0 amide bonds. The van der Waals surface area contributed by atoms with Crippen molar-refractivity contribution in [2.24, 2.45) is 46.3 Å². The SMILES string of the molecule is C=CC(=O)[C@@H]1[C@H]2[C@H](Oc3ccc(CC[N+](=O)[O-])cc3)[C@@H]3[C@@H](C)C[C@@H](C)C[C@@]3(C)[C@@H]2C(C)=C[C@]1(C)C=C. The van der Waals surface area contributed by atoms with Crippen molar-refractivity contribution in [2.45, 2.75) is 60.0 Å². The van der Waals surface area contributed by atoms with E-state index in [0.29, 0.717) is 24.2 Å². The Hall–Kier alpha value is -2.69. The van der Waals surface area contributed by atoms with E-state index in [4.69, 9.17) is 4.74 Å². The van der Waals surface area contributed by atoms with E-state index in [0.717, 1.165) is 24.2 Å². The Bertz CT molecular complexity index is 1070. The Morgan fingerprint density at radius 2 is 1.89 bits per heavy atom. The summed E-state index contributed by atoms with van der Waals surface area (Å²) >= 11 is 0. The van der Waals surface area contributed by atoms with Gasteiger partial charge in [-0.3, -0.25) is 14.9 Å². The van der Waals surface area contributed by atoms with Gasteiger partial charge in [-0.1, -0.05) is 64.1 Å². The minimum atomic E-state index is -0.469. The fourth-order valence-corrected chi connectivity index (χ4v) is 8.67. The molecular weight excluding hydrogens is 450 g/mol. The van der Waals surface area contributed by atoms with Crippen molar-refractivity contribution >= 4 is 5.78 Å². The third-order valence-corrected chi connectivity index (χ3v) is 9.58. The number of allylic oxidation sites excluding steroid dienone is 4. The van der Waals surface area contributed by atoms with Crippen molar-refractivity contribution in [3.8, 4) is 5.75 Å². The lowest BCUT2D eigenvalue weighted by Crippen LogP contribution is -2.47. The molecule has 194 valence electrons. The summed E-state index contributed by atoms with van der Waals surface area (Å²) in [5.41, 5.74) is 1.82. The highest BCUT2D eigenvalue weighted by Crippen LogP contribution is 2.68. The average molecular weight is 492 g/mol. The van der Waals surface area contributed by atoms with Gasteiger partial charge >= 0.3 is 0 Å². The molecule has 2 saturated carbocycles. The molecular formula is C31H41NO4. The van der Waals surface area contributed by atoms with E-state index in [2.05, 4.69) is 53.9 Å². The van der Waals surface area contributed by atoms with Crippen molar-refractivity contribution in [3.63, 3.8) is 0 Å². The number of benzene rings is 1. The first-order chi connectivity index (χ1) is 16.9. The monoisotopic (exact) mass is 491 g/mol. The number of carbonyl (C=O) groups is 1. The maximum Gasteiger partial charge on any atom is 0.207 e. The van der Waals surface area contributed by atoms with Crippen LogP contribution in [-0.4, -0.2) is 23.4 Å². The number of nitrogens with zero attached hydrogens (tertiary/aromatic N) is 1. The van der Waals surface area contributed by atoms with E-state index in [1.165, 1.54) is 11.6 Å². The number of nitro groups is 1. The summed E-state index contributed by atoms with van der Waals surface area (Å²) in [6.07, 6.45) is 8.24. The first kappa shape index (κ1) is 26.4. The molecule has 0 aliphatic heterocycles. The van der Waals surface area contributed by atoms with E-state index < -0.39 is 5.41 Å². The van der Waals surface area contributed by atoms with Crippen molar-refractivity contribution in [3.05, 3.63) is 76.9 Å². The minimum Gasteiger partial charge on any atom is -0.490 e. The molecule has 2 fully saturated rings. The van der Waals surface area contributed by atoms with Crippen LogP contribution in [0.5, 0.6) is 5.75 Å². The number of rotatable bonds is 8. The molecule has 5 nitrogen and oxygen atoms in total. The van der Waals surface area contributed by atoms with Crippen LogP contribution in [0, 0.1) is 56.5 Å². The number of ether oxygens (including phenoxy) is 1. The van der Waals surface area contributed by atoms with E-state index in [9.17, 15) is 14.9 Å². The molecule has 0 radical (unpaired) electrons. The predicted octanol–water partition coefficient (Wildman–Crippen LogP) is 6.71. The lowest BCUT2D eigenvalue weighted by Gasteiger charge is -2.49. The van der Waals surface area contributed by atoms with E-state index >= 15 is 0 Å². The van der Waals surface area contributed by atoms with E-state index in [-0.39, 0.29) is 46.5 Å². The molecule has 0 N–H and O–H groups in total. The summed E-state index contributed by atoms with van der Waals surface area (Å²) in [6.45, 7) is 19.4. The van der Waals surface area contributed by atoms with Crippen LogP contribution in [0.25, 0.3) is 0 Å². The van der Waals surface area contributed by atoms with Gasteiger partial charge in [0.25, 0.3) is 0 Å². The largest absolute Gasteiger partial charge is 0.490 e. The molecule has 5 heteroatoms. The zero-order chi connectivity index (χ0) is 26.4. The molecule has 4 rings (SSSR count). The first-order valence-electron chi connectivity index (χ1n) is 13.3. The molecule has 3 aliphatic rings. The second-order valence-electron chi connectivity index (χ2n) is 12.2. The van der Waals surface area contributed by atoms with Crippen LogP contribution in [0.1, 0.15) is 53.0 Å². The maximum absolute atomic E-state index is 13.5. The van der Waals surface area contributed by atoms with Crippen molar-refractivity contribution in [2.75, 3.05) is 6.54 Å². The van der Waals surface area contributed by atoms with Crippen LogP contribution in [0.2, 0.25) is 0 Å².